The zero-order valence-corrected chi connectivity index (χ0v) is 12.5. The molecule has 0 saturated carbocycles. The van der Waals surface area contributed by atoms with Gasteiger partial charge in [-0.2, -0.15) is 0 Å². The predicted octanol–water partition coefficient (Wildman–Crippen LogP) is 3.71. The average molecular weight is 398 g/mol. The van der Waals surface area contributed by atoms with Crippen LogP contribution >= 0.6 is 47.8 Å². The minimum atomic E-state index is 0.168. The maximum absolute atomic E-state index is 11.7. The van der Waals surface area contributed by atoms with Crippen LogP contribution in [0.3, 0.4) is 0 Å². The Hall–Kier alpha value is 0.130. The van der Waals surface area contributed by atoms with Gasteiger partial charge in [0.1, 0.15) is 0 Å². The first-order valence-corrected chi connectivity index (χ1v) is 6.97. The first kappa shape index (κ1) is 11.6. The van der Waals surface area contributed by atoms with Crippen molar-refractivity contribution in [3.05, 3.63) is 27.1 Å². The number of anilines is 1. The molecule has 5 heteroatoms. The molecule has 0 aromatic heterocycles. The van der Waals surface area contributed by atoms with Gasteiger partial charge in [-0.05, 0) is 18.2 Å². The Morgan fingerprint density at radius 1 is 1.20 bits per heavy atom. The van der Waals surface area contributed by atoms with Crippen LogP contribution in [0.4, 0.5) is 5.69 Å². The zero-order valence-electron chi connectivity index (χ0n) is 7.71. The number of hydrogen-bond donors (Lipinski definition) is 0. The molecule has 0 bridgehead atoms. The molecule has 1 saturated heterocycles. The van der Waals surface area contributed by atoms with Crippen LogP contribution in [0.5, 0.6) is 0 Å². The SMILES string of the molecule is O=C1CC(Br)CN1c1cc(Br)cc(Br)c1. The van der Waals surface area contributed by atoms with E-state index >= 15 is 0 Å². The Labute approximate surface area is 113 Å². The number of carbonyl (C=O) groups excluding carboxylic acids is 1. The summed E-state index contributed by atoms with van der Waals surface area (Å²) in [6, 6.07) is 5.86. The van der Waals surface area contributed by atoms with Gasteiger partial charge in [0.15, 0.2) is 0 Å². The number of carbonyl (C=O) groups is 1. The minimum absolute atomic E-state index is 0.168. The molecular formula is C10H8Br3NO. The van der Waals surface area contributed by atoms with Gasteiger partial charge >= 0.3 is 0 Å². The Morgan fingerprint density at radius 2 is 1.80 bits per heavy atom. The van der Waals surface area contributed by atoms with Crippen LogP contribution in [0.15, 0.2) is 27.1 Å². The van der Waals surface area contributed by atoms with Crippen molar-refractivity contribution in [2.24, 2.45) is 0 Å². The van der Waals surface area contributed by atoms with Gasteiger partial charge in [0.2, 0.25) is 5.91 Å². The van der Waals surface area contributed by atoms with E-state index in [-0.39, 0.29) is 10.7 Å². The number of halogens is 3. The van der Waals surface area contributed by atoms with Gasteiger partial charge in [-0.15, -0.1) is 0 Å². The maximum atomic E-state index is 11.7. The summed E-state index contributed by atoms with van der Waals surface area (Å²) in [6.07, 6.45) is 0.574. The van der Waals surface area contributed by atoms with Gasteiger partial charge in [-0.25, -0.2) is 0 Å². The molecule has 1 aliphatic heterocycles. The van der Waals surface area contributed by atoms with Crippen molar-refractivity contribution in [1.29, 1.82) is 0 Å². The molecule has 0 spiro atoms. The van der Waals surface area contributed by atoms with E-state index in [1.165, 1.54) is 0 Å². The van der Waals surface area contributed by atoms with Crippen molar-refractivity contribution in [3.63, 3.8) is 0 Å². The zero-order chi connectivity index (χ0) is 11.0. The molecule has 1 aromatic rings. The van der Waals surface area contributed by atoms with Crippen LogP contribution in [0.2, 0.25) is 0 Å². The van der Waals surface area contributed by atoms with Gasteiger partial charge in [0.05, 0.1) is 0 Å². The first-order chi connectivity index (χ1) is 7.06. The van der Waals surface area contributed by atoms with E-state index in [2.05, 4.69) is 47.8 Å². The van der Waals surface area contributed by atoms with Crippen LogP contribution in [0.1, 0.15) is 6.42 Å². The number of hydrogen-bond acceptors (Lipinski definition) is 1. The fourth-order valence-corrected chi connectivity index (χ4v) is 3.44. The van der Waals surface area contributed by atoms with Crippen LogP contribution < -0.4 is 4.90 Å². The van der Waals surface area contributed by atoms with Crippen LogP contribution in [-0.2, 0) is 4.79 Å². The van der Waals surface area contributed by atoms with Crippen molar-refractivity contribution in [2.45, 2.75) is 11.2 Å². The predicted molar refractivity (Wildman–Crippen MR) is 71.5 cm³/mol. The highest BCUT2D eigenvalue weighted by atomic mass is 79.9. The topological polar surface area (TPSA) is 20.3 Å². The quantitative estimate of drug-likeness (QED) is 0.661. The van der Waals surface area contributed by atoms with Crippen molar-refractivity contribution in [2.75, 3.05) is 11.4 Å². The molecule has 1 atom stereocenters. The lowest BCUT2D eigenvalue weighted by molar-refractivity contribution is -0.117. The van der Waals surface area contributed by atoms with E-state index in [1.807, 2.05) is 18.2 Å². The Kier molecular flexibility index (Phi) is 3.52. The smallest absolute Gasteiger partial charge is 0.228 e. The standard InChI is InChI=1S/C10H8Br3NO/c11-6-1-7(12)3-9(2-6)14-5-8(13)4-10(14)15/h1-3,8H,4-5H2. The lowest BCUT2D eigenvalue weighted by atomic mass is 10.3. The molecule has 1 unspecified atom stereocenters. The average Bonchev–Trinajstić information content (AvgIpc) is 2.43. The van der Waals surface area contributed by atoms with Gasteiger partial charge in [0.25, 0.3) is 0 Å². The molecular weight excluding hydrogens is 390 g/mol. The van der Waals surface area contributed by atoms with Gasteiger partial charge in [-0.1, -0.05) is 47.8 Å². The maximum Gasteiger partial charge on any atom is 0.228 e. The van der Waals surface area contributed by atoms with Gasteiger partial charge in [0, 0.05) is 32.4 Å². The molecule has 0 radical (unpaired) electrons. The third-order valence-corrected chi connectivity index (χ3v) is 3.77. The molecule has 2 nitrogen and oxygen atoms in total. The summed E-state index contributed by atoms with van der Waals surface area (Å²) in [5.41, 5.74) is 0.934. The number of alkyl halides is 1. The highest BCUT2D eigenvalue weighted by Crippen LogP contribution is 2.30. The molecule has 80 valence electrons. The Balaban J connectivity index is 2.33. The van der Waals surface area contributed by atoms with Crippen molar-refractivity contribution < 1.29 is 4.79 Å². The lowest BCUT2D eigenvalue weighted by Gasteiger charge is -2.16. The molecule has 2 rings (SSSR count). The second kappa shape index (κ2) is 4.55. The number of amides is 1. The highest BCUT2D eigenvalue weighted by Gasteiger charge is 2.28. The third-order valence-electron chi connectivity index (χ3n) is 2.24. The normalized spacial score (nSPS) is 21.1. The molecule has 1 fully saturated rings. The molecule has 0 aliphatic carbocycles. The number of nitrogens with zero attached hydrogens (tertiary/aromatic N) is 1. The second-order valence-corrected chi connectivity index (χ2v) is 6.56. The van der Waals surface area contributed by atoms with E-state index < -0.39 is 0 Å². The largest absolute Gasteiger partial charge is 0.311 e. The first-order valence-electron chi connectivity index (χ1n) is 4.47. The van der Waals surface area contributed by atoms with Crippen LogP contribution in [0.25, 0.3) is 0 Å². The summed E-state index contributed by atoms with van der Waals surface area (Å²) in [7, 11) is 0. The van der Waals surface area contributed by atoms with E-state index in [0.29, 0.717) is 6.42 Å². The second-order valence-electron chi connectivity index (χ2n) is 3.43. The highest BCUT2D eigenvalue weighted by molar-refractivity contribution is 9.11. The van der Waals surface area contributed by atoms with E-state index in [9.17, 15) is 4.79 Å². The summed E-state index contributed by atoms with van der Waals surface area (Å²) in [4.78, 5) is 13.7. The molecule has 1 aliphatic rings. The van der Waals surface area contributed by atoms with Gasteiger partial charge in [-0.3, -0.25) is 4.79 Å². The molecule has 1 heterocycles. The third kappa shape index (κ3) is 2.63. The number of benzene rings is 1. The summed E-state index contributed by atoms with van der Waals surface area (Å²) >= 11 is 10.3. The minimum Gasteiger partial charge on any atom is -0.311 e. The Bertz CT molecular complexity index is 387. The molecule has 1 amide bonds. The monoisotopic (exact) mass is 395 g/mol. The summed E-state index contributed by atoms with van der Waals surface area (Å²) in [6.45, 7) is 0.738. The van der Waals surface area contributed by atoms with E-state index in [0.717, 1.165) is 21.2 Å². The van der Waals surface area contributed by atoms with Crippen LogP contribution in [-0.4, -0.2) is 17.3 Å². The summed E-state index contributed by atoms with van der Waals surface area (Å²) < 4.78 is 1.94. The number of rotatable bonds is 1. The fourth-order valence-electron chi connectivity index (χ4n) is 1.61. The van der Waals surface area contributed by atoms with E-state index in [4.69, 9.17) is 0 Å². The molecule has 15 heavy (non-hydrogen) atoms. The summed E-state index contributed by atoms with van der Waals surface area (Å²) in [5.74, 6) is 0.168. The Morgan fingerprint density at radius 3 is 2.27 bits per heavy atom. The fraction of sp³-hybridized carbons (Fsp3) is 0.300. The molecule has 0 N–H and O–H groups in total. The summed E-state index contributed by atoms with van der Waals surface area (Å²) in [5, 5.41) is 0. The van der Waals surface area contributed by atoms with Crippen molar-refractivity contribution in [3.8, 4) is 0 Å². The van der Waals surface area contributed by atoms with Crippen molar-refractivity contribution in [1.82, 2.24) is 0 Å². The van der Waals surface area contributed by atoms with Crippen LogP contribution in [0, 0.1) is 0 Å². The molecule has 1 aromatic carbocycles. The van der Waals surface area contributed by atoms with E-state index in [1.54, 1.807) is 4.90 Å². The van der Waals surface area contributed by atoms with Crippen molar-refractivity contribution >= 4 is 59.4 Å². The van der Waals surface area contributed by atoms with Gasteiger partial charge < -0.3 is 4.90 Å². The lowest BCUT2D eigenvalue weighted by Crippen LogP contribution is -2.24.